The molecule has 0 unspecified atom stereocenters. The fourth-order valence-electron chi connectivity index (χ4n) is 2.06. The molecule has 0 radical (unpaired) electrons. The summed E-state index contributed by atoms with van der Waals surface area (Å²) in [5.74, 6) is 0.219. The van der Waals surface area contributed by atoms with E-state index >= 15 is 0 Å². The minimum atomic E-state index is -0.317. The number of thiocarbonyl (C=S) groups is 1. The molecule has 2 amide bonds. The van der Waals surface area contributed by atoms with E-state index in [1.807, 2.05) is 6.92 Å². The van der Waals surface area contributed by atoms with E-state index in [4.69, 9.17) is 17.0 Å². The first-order chi connectivity index (χ1) is 12.0. The van der Waals surface area contributed by atoms with Gasteiger partial charge >= 0.3 is 0 Å². The van der Waals surface area contributed by atoms with Gasteiger partial charge in [0.2, 0.25) is 0 Å². The monoisotopic (exact) mass is 357 g/mol. The van der Waals surface area contributed by atoms with Gasteiger partial charge in [-0.15, -0.1) is 0 Å². The number of carbonyl (C=O) groups excluding carboxylic acids is 2. The van der Waals surface area contributed by atoms with Gasteiger partial charge in [-0.2, -0.15) is 0 Å². The van der Waals surface area contributed by atoms with E-state index in [-0.39, 0.29) is 16.9 Å². The fourth-order valence-corrected chi connectivity index (χ4v) is 2.27. The number of ether oxygens (including phenoxy) is 1. The summed E-state index contributed by atoms with van der Waals surface area (Å²) in [7, 11) is 1.57. The highest BCUT2D eigenvalue weighted by atomic mass is 32.1. The van der Waals surface area contributed by atoms with Gasteiger partial charge in [0.25, 0.3) is 11.8 Å². The molecule has 0 bridgehead atoms. The van der Waals surface area contributed by atoms with Gasteiger partial charge in [-0.25, -0.2) is 0 Å². The van der Waals surface area contributed by atoms with E-state index in [1.165, 1.54) is 0 Å². The number of anilines is 1. The maximum atomic E-state index is 12.2. The fraction of sp³-hybridized carbons (Fsp3) is 0.167. The lowest BCUT2D eigenvalue weighted by atomic mass is 10.2. The lowest BCUT2D eigenvalue weighted by molar-refractivity contribution is 0.0959. The molecule has 7 heteroatoms. The van der Waals surface area contributed by atoms with E-state index in [0.29, 0.717) is 29.2 Å². The van der Waals surface area contributed by atoms with Crippen LogP contribution in [0.1, 0.15) is 27.6 Å². The maximum absolute atomic E-state index is 12.2. The van der Waals surface area contributed by atoms with Crippen molar-refractivity contribution in [2.75, 3.05) is 19.0 Å². The standard InChI is InChI=1S/C18H19N3O3S/c1-3-24-15-10-6-13(7-11-15)17(23)21-18(25)20-14-8-4-12(5-9-14)16(22)19-2/h4-11H,3H2,1-2H3,(H,19,22)(H2,20,21,23,25). The molecule has 2 aromatic carbocycles. The summed E-state index contributed by atoms with van der Waals surface area (Å²) in [4.78, 5) is 23.7. The molecule has 0 aromatic heterocycles. The molecule has 0 spiro atoms. The van der Waals surface area contributed by atoms with Gasteiger partial charge in [0, 0.05) is 23.9 Å². The van der Waals surface area contributed by atoms with Crippen LogP contribution < -0.4 is 20.7 Å². The van der Waals surface area contributed by atoms with Crippen molar-refractivity contribution in [3.05, 3.63) is 59.7 Å². The van der Waals surface area contributed by atoms with Gasteiger partial charge < -0.3 is 15.4 Å². The molecular formula is C18H19N3O3S. The molecule has 0 atom stereocenters. The summed E-state index contributed by atoms with van der Waals surface area (Å²) in [6, 6.07) is 13.5. The van der Waals surface area contributed by atoms with E-state index in [9.17, 15) is 9.59 Å². The zero-order valence-electron chi connectivity index (χ0n) is 14.0. The predicted octanol–water partition coefficient (Wildman–Crippen LogP) is 2.57. The summed E-state index contributed by atoms with van der Waals surface area (Å²) in [6.07, 6.45) is 0. The predicted molar refractivity (Wildman–Crippen MR) is 101 cm³/mol. The minimum Gasteiger partial charge on any atom is -0.494 e. The minimum absolute atomic E-state index is 0.169. The van der Waals surface area contributed by atoms with Crippen molar-refractivity contribution in [1.82, 2.24) is 10.6 Å². The average molecular weight is 357 g/mol. The summed E-state index contributed by atoms with van der Waals surface area (Å²) in [5, 5.41) is 8.23. The Morgan fingerprint density at radius 1 is 0.960 bits per heavy atom. The molecule has 130 valence electrons. The van der Waals surface area contributed by atoms with Crippen molar-refractivity contribution in [3.8, 4) is 5.75 Å². The Bertz CT molecular complexity index is 758. The Morgan fingerprint density at radius 3 is 2.08 bits per heavy atom. The van der Waals surface area contributed by atoms with E-state index in [0.717, 1.165) is 0 Å². The first-order valence-corrected chi connectivity index (χ1v) is 8.11. The number of hydrogen-bond acceptors (Lipinski definition) is 4. The summed E-state index contributed by atoms with van der Waals surface area (Å²) in [5.41, 5.74) is 1.68. The Hall–Kier alpha value is -2.93. The van der Waals surface area contributed by atoms with Gasteiger partial charge in [0.05, 0.1) is 6.61 Å². The Labute approximate surface area is 151 Å². The van der Waals surface area contributed by atoms with Gasteiger partial charge in [-0.05, 0) is 67.7 Å². The zero-order chi connectivity index (χ0) is 18.2. The lowest BCUT2D eigenvalue weighted by Gasteiger charge is -2.10. The molecule has 0 aliphatic rings. The van der Waals surface area contributed by atoms with Crippen molar-refractivity contribution in [1.29, 1.82) is 0 Å². The van der Waals surface area contributed by atoms with Gasteiger partial charge in [-0.3, -0.25) is 14.9 Å². The second kappa shape index (κ2) is 8.79. The second-order valence-corrected chi connectivity index (χ2v) is 5.43. The molecule has 0 heterocycles. The quantitative estimate of drug-likeness (QED) is 0.717. The molecule has 0 aliphatic heterocycles. The number of carbonyl (C=O) groups is 2. The largest absolute Gasteiger partial charge is 0.494 e. The first kappa shape index (κ1) is 18.4. The van der Waals surface area contributed by atoms with Crippen LogP contribution in [0, 0.1) is 0 Å². The summed E-state index contributed by atoms with van der Waals surface area (Å²) < 4.78 is 5.34. The van der Waals surface area contributed by atoms with Crippen molar-refractivity contribution < 1.29 is 14.3 Å². The van der Waals surface area contributed by atoms with Gasteiger partial charge in [0.1, 0.15) is 5.75 Å². The van der Waals surface area contributed by atoms with E-state index in [2.05, 4.69) is 16.0 Å². The Kier molecular flexibility index (Phi) is 6.47. The van der Waals surface area contributed by atoms with Crippen LogP contribution in [0.5, 0.6) is 5.75 Å². The van der Waals surface area contributed by atoms with Crippen molar-refractivity contribution in [2.24, 2.45) is 0 Å². The molecule has 3 N–H and O–H groups in total. The van der Waals surface area contributed by atoms with Crippen molar-refractivity contribution in [3.63, 3.8) is 0 Å². The smallest absolute Gasteiger partial charge is 0.257 e. The third-order valence-electron chi connectivity index (χ3n) is 3.29. The first-order valence-electron chi connectivity index (χ1n) is 7.71. The normalized spacial score (nSPS) is 9.84. The molecule has 0 saturated heterocycles. The highest BCUT2D eigenvalue weighted by molar-refractivity contribution is 7.80. The molecule has 2 rings (SSSR count). The number of rotatable bonds is 5. The summed E-state index contributed by atoms with van der Waals surface area (Å²) >= 11 is 5.14. The van der Waals surface area contributed by atoms with Crippen LogP contribution in [0.2, 0.25) is 0 Å². The van der Waals surface area contributed by atoms with Crippen molar-refractivity contribution in [2.45, 2.75) is 6.92 Å². The molecule has 0 fully saturated rings. The average Bonchev–Trinajstić information content (AvgIpc) is 2.62. The molecule has 2 aromatic rings. The second-order valence-electron chi connectivity index (χ2n) is 5.02. The molecular weight excluding hydrogens is 338 g/mol. The van der Waals surface area contributed by atoms with Gasteiger partial charge in [0.15, 0.2) is 5.11 Å². The number of hydrogen-bond donors (Lipinski definition) is 3. The zero-order valence-corrected chi connectivity index (χ0v) is 14.8. The van der Waals surface area contributed by atoms with Crippen LogP contribution >= 0.6 is 12.2 Å². The van der Waals surface area contributed by atoms with Gasteiger partial charge in [-0.1, -0.05) is 0 Å². The van der Waals surface area contributed by atoms with Crippen LogP contribution in [0.3, 0.4) is 0 Å². The lowest BCUT2D eigenvalue weighted by Crippen LogP contribution is -2.34. The number of amides is 2. The summed E-state index contributed by atoms with van der Waals surface area (Å²) in [6.45, 7) is 2.46. The highest BCUT2D eigenvalue weighted by Gasteiger charge is 2.09. The van der Waals surface area contributed by atoms with E-state index in [1.54, 1.807) is 55.6 Å². The molecule has 0 aliphatic carbocycles. The van der Waals surface area contributed by atoms with Crippen LogP contribution in [0.15, 0.2) is 48.5 Å². The SMILES string of the molecule is CCOc1ccc(C(=O)NC(=S)Nc2ccc(C(=O)NC)cc2)cc1. The van der Waals surface area contributed by atoms with Crippen LogP contribution in [0.4, 0.5) is 5.69 Å². The van der Waals surface area contributed by atoms with Crippen LogP contribution in [-0.4, -0.2) is 30.6 Å². The van der Waals surface area contributed by atoms with E-state index < -0.39 is 0 Å². The van der Waals surface area contributed by atoms with Crippen molar-refractivity contribution >= 4 is 34.8 Å². The molecule has 25 heavy (non-hydrogen) atoms. The third kappa shape index (κ3) is 5.29. The maximum Gasteiger partial charge on any atom is 0.257 e. The van der Waals surface area contributed by atoms with Crippen LogP contribution in [-0.2, 0) is 0 Å². The molecule has 6 nitrogen and oxygen atoms in total. The Morgan fingerprint density at radius 2 is 1.52 bits per heavy atom. The highest BCUT2D eigenvalue weighted by Crippen LogP contribution is 2.12. The third-order valence-corrected chi connectivity index (χ3v) is 3.49. The van der Waals surface area contributed by atoms with Crippen LogP contribution in [0.25, 0.3) is 0 Å². The Balaban J connectivity index is 1.92. The topological polar surface area (TPSA) is 79.5 Å². The number of nitrogens with one attached hydrogen (secondary N) is 3. The molecule has 0 saturated carbocycles. The number of benzene rings is 2.